The minimum absolute atomic E-state index is 0.00894. The van der Waals surface area contributed by atoms with Crippen molar-refractivity contribution in [3.63, 3.8) is 0 Å². The van der Waals surface area contributed by atoms with Crippen LogP contribution in [0.2, 0.25) is 0 Å². The van der Waals surface area contributed by atoms with E-state index in [0.29, 0.717) is 12.6 Å². The summed E-state index contributed by atoms with van der Waals surface area (Å²) in [6, 6.07) is 0.681. The molecule has 0 aromatic rings. The van der Waals surface area contributed by atoms with E-state index in [9.17, 15) is 4.79 Å². The van der Waals surface area contributed by atoms with Gasteiger partial charge in [-0.3, -0.25) is 4.79 Å². The van der Waals surface area contributed by atoms with E-state index >= 15 is 0 Å². The number of fused-ring (bicyclic) bond motifs is 1. The van der Waals surface area contributed by atoms with Crippen LogP contribution in [0.4, 0.5) is 0 Å². The summed E-state index contributed by atoms with van der Waals surface area (Å²) in [5.74, 6) is 0.817. The molecular weight excluding hydrogens is 178 g/mol. The summed E-state index contributed by atoms with van der Waals surface area (Å²) in [5.41, 5.74) is 0. The molecule has 0 aromatic carbocycles. The fraction of sp³-hybridized carbons (Fsp3) is 0.909. The van der Waals surface area contributed by atoms with E-state index in [-0.39, 0.29) is 11.9 Å². The van der Waals surface area contributed by atoms with Crippen LogP contribution in [0, 0.1) is 11.8 Å². The number of piperidine rings is 1. The first-order valence-corrected chi connectivity index (χ1v) is 5.71. The molecule has 3 atom stereocenters. The highest BCUT2D eigenvalue weighted by atomic mass is 16.5. The number of hydrogen-bond donors (Lipinski definition) is 1. The first-order chi connectivity index (χ1) is 6.81. The molecule has 14 heavy (non-hydrogen) atoms. The van der Waals surface area contributed by atoms with Gasteiger partial charge in [-0.15, -0.1) is 0 Å². The van der Waals surface area contributed by atoms with Gasteiger partial charge in [-0.2, -0.15) is 0 Å². The monoisotopic (exact) mass is 197 g/mol. The maximum Gasteiger partial charge on any atom is 0.310 e. The van der Waals surface area contributed by atoms with Gasteiger partial charge in [0.1, 0.15) is 0 Å². The van der Waals surface area contributed by atoms with Gasteiger partial charge in [-0.1, -0.05) is 6.42 Å². The van der Waals surface area contributed by atoms with Crippen LogP contribution >= 0.6 is 0 Å². The van der Waals surface area contributed by atoms with Gasteiger partial charge in [0.2, 0.25) is 0 Å². The molecule has 1 N–H and O–H groups in total. The van der Waals surface area contributed by atoms with Crippen LogP contribution in [0.15, 0.2) is 0 Å². The Morgan fingerprint density at radius 1 is 1.50 bits per heavy atom. The fourth-order valence-corrected chi connectivity index (χ4v) is 2.77. The standard InChI is InChI=1S/C11H19NO2/c1-2-14-11(13)9-6-8-4-3-5-10(8)12-7-9/h8-10,12H,2-7H2,1H3. The summed E-state index contributed by atoms with van der Waals surface area (Å²) in [7, 11) is 0. The normalized spacial score (nSPS) is 36.5. The van der Waals surface area contributed by atoms with E-state index in [1.807, 2.05) is 6.92 Å². The van der Waals surface area contributed by atoms with Gasteiger partial charge in [0.15, 0.2) is 0 Å². The number of esters is 1. The molecule has 0 spiro atoms. The van der Waals surface area contributed by atoms with Crippen LogP contribution in [0.25, 0.3) is 0 Å². The molecule has 1 aliphatic carbocycles. The molecule has 1 saturated carbocycles. The predicted octanol–water partition coefficient (Wildman–Crippen LogP) is 1.33. The summed E-state index contributed by atoms with van der Waals surface area (Å²) in [4.78, 5) is 11.5. The summed E-state index contributed by atoms with van der Waals surface area (Å²) >= 11 is 0. The van der Waals surface area contributed by atoms with Crippen LogP contribution in [-0.2, 0) is 9.53 Å². The number of hydrogen-bond acceptors (Lipinski definition) is 3. The van der Waals surface area contributed by atoms with E-state index in [4.69, 9.17) is 4.74 Å². The number of carbonyl (C=O) groups is 1. The largest absolute Gasteiger partial charge is 0.466 e. The average molecular weight is 197 g/mol. The molecule has 0 amide bonds. The lowest BCUT2D eigenvalue weighted by molar-refractivity contribution is -0.149. The Morgan fingerprint density at radius 3 is 3.14 bits per heavy atom. The Kier molecular flexibility index (Phi) is 3.06. The summed E-state index contributed by atoms with van der Waals surface area (Å²) < 4.78 is 5.05. The van der Waals surface area contributed by atoms with Crippen LogP contribution in [0.1, 0.15) is 32.6 Å². The molecule has 0 bridgehead atoms. The fourth-order valence-electron chi connectivity index (χ4n) is 2.77. The molecule has 80 valence electrons. The highest BCUT2D eigenvalue weighted by Gasteiger charge is 2.36. The molecular formula is C11H19NO2. The smallest absolute Gasteiger partial charge is 0.310 e. The van der Waals surface area contributed by atoms with Crippen LogP contribution in [0.5, 0.6) is 0 Å². The van der Waals surface area contributed by atoms with Crippen molar-refractivity contribution in [1.29, 1.82) is 0 Å². The van der Waals surface area contributed by atoms with Gasteiger partial charge in [0.05, 0.1) is 12.5 Å². The van der Waals surface area contributed by atoms with Gasteiger partial charge in [0.25, 0.3) is 0 Å². The summed E-state index contributed by atoms with van der Waals surface area (Å²) in [6.07, 6.45) is 4.93. The molecule has 0 radical (unpaired) electrons. The minimum atomic E-state index is -0.00894. The highest BCUT2D eigenvalue weighted by Crippen LogP contribution is 2.34. The lowest BCUT2D eigenvalue weighted by Crippen LogP contribution is -2.45. The van der Waals surface area contributed by atoms with E-state index in [1.54, 1.807) is 0 Å². The zero-order valence-corrected chi connectivity index (χ0v) is 8.79. The number of carbonyl (C=O) groups excluding carboxylic acids is 1. The van der Waals surface area contributed by atoms with E-state index in [0.717, 1.165) is 18.9 Å². The lowest BCUT2D eigenvalue weighted by Gasteiger charge is -2.31. The SMILES string of the molecule is CCOC(=O)C1CNC2CCCC2C1. The van der Waals surface area contributed by atoms with E-state index in [2.05, 4.69) is 5.32 Å². The van der Waals surface area contributed by atoms with E-state index in [1.165, 1.54) is 19.3 Å². The van der Waals surface area contributed by atoms with Gasteiger partial charge >= 0.3 is 5.97 Å². The Hall–Kier alpha value is -0.570. The molecule has 2 aliphatic rings. The molecule has 2 fully saturated rings. The first kappa shape index (κ1) is 9.97. The Balaban J connectivity index is 1.87. The predicted molar refractivity (Wildman–Crippen MR) is 53.9 cm³/mol. The van der Waals surface area contributed by atoms with Crippen molar-refractivity contribution in [2.75, 3.05) is 13.2 Å². The van der Waals surface area contributed by atoms with Gasteiger partial charge in [-0.25, -0.2) is 0 Å². The maximum atomic E-state index is 11.5. The molecule has 3 nitrogen and oxygen atoms in total. The number of ether oxygens (including phenoxy) is 1. The molecule has 3 heteroatoms. The second kappa shape index (κ2) is 4.30. The molecule has 1 aliphatic heterocycles. The van der Waals surface area contributed by atoms with Gasteiger partial charge in [0, 0.05) is 12.6 Å². The van der Waals surface area contributed by atoms with Crippen LogP contribution < -0.4 is 5.32 Å². The topological polar surface area (TPSA) is 38.3 Å². The summed E-state index contributed by atoms with van der Waals surface area (Å²) in [6.45, 7) is 3.19. The first-order valence-electron chi connectivity index (χ1n) is 5.71. The maximum absolute atomic E-state index is 11.5. The number of nitrogens with one attached hydrogen (secondary N) is 1. The quantitative estimate of drug-likeness (QED) is 0.679. The zero-order valence-electron chi connectivity index (χ0n) is 8.79. The Bertz CT molecular complexity index is 217. The Morgan fingerprint density at radius 2 is 2.36 bits per heavy atom. The van der Waals surface area contributed by atoms with Crippen molar-refractivity contribution in [2.24, 2.45) is 11.8 Å². The third-order valence-electron chi connectivity index (χ3n) is 3.49. The van der Waals surface area contributed by atoms with Crippen LogP contribution in [-0.4, -0.2) is 25.2 Å². The van der Waals surface area contributed by atoms with Crippen molar-refractivity contribution in [3.8, 4) is 0 Å². The third-order valence-corrected chi connectivity index (χ3v) is 3.49. The molecule has 0 aromatic heterocycles. The molecule has 2 rings (SSSR count). The second-order valence-corrected chi connectivity index (χ2v) is 4.39. The minimum Gasteiger partial charge on any atom is -0.466 e. The lowest BCUT2D eigenvalue weighted by atomic mass is 9.86. The number of rotatable bonds is 2. The van der Waals surface area contributed by atoms with Gasteiger partial charge in [-0.05, 0) is 32.1 Å². The molecule has 1 heterocycles. The van der Waals surface area contributed by atoms with Crippen molar-refractivity contribution in [1.82, 2.24) is 5.32 Å². The van der Waals surface area contributed by atoms with E-state index < -0.39 is 0 Å². The second-order valence-electron chi connectivity index (χ2n) is 4.39. The Labute approximate surface area is 85.2 Å². The van der Waals surface area contributed by atoms with Crippen molar-refractivity contribution in [2.45, 2.75) is 38.6 Å². The van der Waals surface area contributed by atoms with Crippen molar-refractivity contribution < 1.29 is 9.53 Å². The molecule has 1 saturated heterocycles. The summed E-state index contributed by atoms with van der Waals surface area (Å²) in [5, 5.41) is 3.47. The van der Waals surface area contributed by atoms with Crippen molar-refractivity contribution in [3.05, 3.63) is 0 Å². The third kappa shape index (κ3) is 1.92. The molecule has 3 unspecified atom stereocenters. The zero-order chi connectivity index (χ0) is 9.97. The van der Waals surface area contributed by atoms with Crippen molar-refractivity contribution >= 4 is 5.97 Å². The van der Waals surface area contributed by atoms with Crippen LogP contribution in [0.3, 0.4) is 0 Å². The average Bonchev–Trinajstić information content (AvgIpc) is 2.64. The highest BCUT2D eigenvalue weighted by molar-refractivity contribution is 5.72. The van der Waals surface area contributed by atoms with Gasteiger partial charge < -0.3 is 10.1 Å².